The van der Waals surface area contributed by atoms with Crippen molar-refractivity contribution in [2.75, 3.05) is 6.54 Å². The first-order chi connectivity index (χ1) is 12.0. The molecule has 0 amide bonds. The van der Waals surface area contributed by atoms with E-state index in [2.05, 4.69) is 79.4 Å². The maximum atomic E-state index is 12.5. The lowest BCUT2D eigenvalue weighted by Crippen LogP contribution is -2.38. The number of hydrogen-bond acceptors (Lipinski definition) is 2. The first kappa shape index (κ1) is 17.9. The van der Waals surface area contributed by atoms with E-state index >= 15 is 0 Å². The zero-order chi connectivity index (χ0) is 17.7. The summed E-state index contributed by atoms with van der Waals surface area (Å²) in [5.74, 6) is 0.613. The van der Waals surface area contributed by atoms with Crippen molar-refractivity contribution in [3.63, 3.8) is 0 Å². The molecule has 0 radical (unpaired) electrons. The van der Waals surface area contributed by atoms with E-state index in [0.29, 0.717) is 5.78 Å². The second kappa shape index (κ2) is 7.97. The van der Waals surface area contributed by atoms with Gasteiger partial charge in [-0.1, -0.05) is 74.5 Å². The molecule has 25 heavy (non-hydrogen) atoms. The Morgan fingerprint density at radius 3 is 1.96 bits per heavy atom. The van der Waals surface area contributed by atoms with Crippen LogP contribution in [-0.2, 0) is 17.9 Å². The van der Waals surface area contributed by atoms with Gasteiger partial charge in [-0.15, -0.1) is 0 Å². The van der Waals surface area contributed by atoms with E-state index in [4.69, 9.17) is 0 Å². The minimum absolute atomic E-state index is 0.163. The Kier molecular flexibility index (Phi) is 5.70. The Morgan fingerprint density at radius 1 is 0.920 bits per heavy atom. The molecular weight excluding hydrogens is 306 g/mol. The van der Waals surface area contributed by atoms with Gasteiger partial charge < -0.3 is 0 Å². The van der Waals surface area contributed by atoms with Gasteiger partial charge >= 0.3 is 0 Å². The zero-order valence-electron chi connectivity index (χ0n) is 15.4. The molecule has 1 unspecified atom stereocenters. The van der Waals surface area contributed by atoms with Crippen LogP contribution in [0.5, 0.6) is 0 Å². The lowest BCUT2D eigenvalue weighted by Gasteiger charge is -2.37. The number of nitrogens with zero attached hydrogens (tertiary/aromatic N) is 1. The Balaban J connectivity index is 1.74. The Bertz CT molecular complexity index is 636. The highest BCUT2D eigenvalue weighted by Gasteiger charge is 2.34. The van der Waals surface area contributed by atoms with E-state index in [1.54, 1.807) is 0 Å². The van der Waals surface area contributed by atoms with Crippen molar-refractivity contribution < 1.29 is 4.79 Å². The fourth-order valence-electron chi connectivity index (χ4n) is 3.89. The summed E-state index contributed by atoms with van der Waals surface area (Å²) in [5, 5.41) is 0. The van der Waals surface area contributed by atoms with Crippen molar-refractivity contribution in [1.29, 1.82) is 0 Å². The summed E-state index contributed by atoms with van der Waals surface area (Å²) in [4.78, 5) is 14.9. The van der Waals surface area contributed by atoms with Crippen LogP contribution in [0.4, 0.5) is 0 Å². The number of hydrogen-bond donors (Lipinski definition) is 0. The van der Waals surface area contributed by atoms with E-state index < -0.39 is 0 Å². The molecule has 1 aliphatic rings. The molecule has 132 valence electrons. The van der Waals surface area contributed by atoms with Crippen molar-refractivity contribution >= 4 is 5.78 Å². The molecule has 0 aromatic heterocycles. The Morgan fingerprint density at radius 2 is 1.44 bits per heavy atom. The van der Waals surface area contributed by atoms with Gasteiger partial charge in [-0.25, -0.2) is 0 Å². The van der Waals surface area contributed by atoms with Crippen molar-refractivity contribution in [3.8, 4) is 0 Å². The molecule has 0 spiro atoms. The van der Waals surface area contributed by atoms with Gasteiger partial charge in [0.05, 0.1) is 0 Å². The van der Waals surface area contributed by atoms with Gasteiger partial charge in [0, 0.05) is 32.0 Å². The van der Waals surface area contributed by atoms with E-state index in [1.165, 1.54) is 11.1 Å². The van der Waals surface area contributed by atoms with Crippen LogP contribution >= 0.6 is 0 Å². The fraction of sp³-hybridized carbons (Fsp3) is 0.435. The predicted octanol–water partition coefficient (Wildman–Crippen LogP) is 5.08. The van der Waals surface area contributed by atoms with Crippen molar-refractivity contribution in [2.24, 2.45) is 11.3 Å². The van der Waals surface area contributed by atoms with Gasteiger partial charge in [0.1, 0.15) is 5.78 Å². The Hall–Kier alpha value is -1.93. The lowest BCUT2D eigenvalue weighted by atomic mass is 9.71. The topological polar surface area (TPSA) is 20.3 Å². The fourth-order valence-corrected chi connectivity index (χ4v) is 3.89. The molecule has 2 aromatic rings. The molecule has 0 heterocycles. The number of Topliss-reactive ketones (excluding diaryl/α,β-unsaturated/α-hetero) is 1. The third-order valence-corrected chi connectivity index (χ3v) is 5.28. The third-order valence-electron chi connectivity index (χ3n) is 5.28. The quantitative estimate of drug-likeness (QED) is 0.733. The summed E-state index contributed by atoms with van der Waals surface area (Å²) in [6.07, 6.45) is 2.77. The molecule has 1 aliphatic carbocycles. The minimum Gasteiger partial charge on any atom is -0.299 e. The molecule has 0 saturated heterocycles. The first-order valence-corrected chi connectivity index (χ1v) is 9.35. The molecule has 1 saturated carbocycles. The third kappa shape index (κ3) is 5.27. The SMILES string of the molecule is CC1(C)CCC(=O)C(CN(Cc2ccccc2)Cc2ccccc2)C1. The molecule has 1 fully saturated rings. The van der Waals surface area contributed by atoms with Crippen molar-refractivity contribution in [1.82, 2.24) is 4.90 Å². The Labute approximate surface area is 151 Å². The van der Waals surface area contributed by atoms with Crippen molar-refractivity contribution in [2.45, 2.75) is 46.2 Å². The van der Waals surface area contributed by atoms with Gasteiger partial charge in [-0.2, -0.15) is 0 Å². The normalized spacial score (nSPS) is 20.0. The molecule has 3 rings (SSSR count). The van der Waals surface area contributed by atoms with Gasteiger partial charge in [-0.05, 0) is 29.4 Å². The summed E-state index contributed by atoms with van der Waals surface area (Å²) in [6.45, 7) is 7.22. The molecule has 1 atom stereocenters. The van der Waals surface area contributed by atoms with Crippen LogP contribution in [0.25, 0.3) is 0 Å². The first-order valence-electron chi connectivity index (χ1n) is 9.35. The summed E-state index contributed by atoms with van der Waals surface area (Å²) in [6, 6.07) is 21.1. The van der Waals surface area contributed by atoms with Crippen LogP contribution in [0.2, 0.25) is 0 Å². The highest BCUT2D eigenvalue weighted by molar-refractivity contribution is 5.82. The highest BCUT2D eigenvalue weighted by atomic mass is 16.1. The second-order valence-corrected chi connectivity index (χ2v) is 8.17. The van der Waals surface area contributed by atoms with E-state index in [1.807, 2.05) is 0 Å². The van der Waals surface area contributed by atoms with E-state index in [9.17, 15) is 4.79 Å². The number of ketones is 1. The van der Waals surface area contributed by atoms with E-state index in [-0.39, 0.29) is 11.3 Å². The summed E-state index contributed by atoms with van der Waals surface area (Å²) in [5.41, 5.74) is 2.89. The molecule has 2 aromatic carbocycles. The molecular formula is C23H29NO. The smallest absolute Gasteiger partial charge is 0.137 e. The molecule has 0 aliphatic heterocycles. The molecule has 0 bridgehead atoms. The van der Waals surface area contributed by atoms with Gasteiger partial charge in [0.2, 0.25) is 0 Å². The number of benzene rings is 2. The van der Waals surface area contributed by atoms with Crippen LogP contribution in [-0.4, -0.2) is 17.2 Å². The molecule has 2 nitrogen and oxygen atoms in total. The van der Waals surface area contributed by atoms with Crippen molar-refractivity contribution in [3.05, 3.63) is 71.8 Å². The van der Waals surface area contributed by atoms with Gasteiger partial charge in [0.15, 0.2) is 0 Å². The number of carbonyl (C=O) groups is 1. The van der Waals surface area contributed by atoms with E-state index in [0.717, 1.165) is 38.9 Å². The maximum Gasteiger partial charge on any atom is 0.137 e. The largest absolute Gasteiger partial charge is 0.299 e. The second-order valence-electron chi connectivity index (χ2n) is 8.17. The summed E-state index contributed by atoms with van der Waals surface area (Å²) in [7, 11) is 0. The zero-order valence-corrected chi connectivity index (χ0v) is 15.4. The van der Waals surface area contributed by atoms with Gasteiger partial charge in [-0.3, -0.25) is 9.69 Å². The summed E-state index contributed by atoms with van der Waals surface area (Å²) < 4.78 is 0. The standard InChI is InChI=1S/C23H29NO/c1-23(2)14-13-22(25)21(15-23)18-24(16-19-9-5-3-6-10-19)17-20-11-7-4-8-12-20/h3-12,21H,13-18H2,1-2H3. The summed E-state index contributed by atoms with van der Waals surface area (Å²) >= 11 is 0. The average Bonchev–Trinajstić information content (AvgIpc) is 2.60. The van der Waals surface area contributed by atoms with Crippen LogP contribution < -0.4 is 0 Å². The van der Waals surface area contributed by atoms with Crippen LogP contribution in [0.1, 0.15) is 44.2 Å². The average molecular weight is 335 g/mol. The highest BCUT2D eigenvalue weighted by Crippen LogP contribution is 2.37. The van der Waals surface area contributed by atoms with Crippen LogP contribution in [0.3, 0.4) is 0 Å². The molecule has 2 heteroatoms. The minimum atomic E-state index is 0.163. The lowest BCUT2D eigenvalue weighted by molar-refractivity contribution is -0.127. The van der Waals surface area contributed by atoms with Crippen LogP contribution in [0.15, 0.2) is 60.7 Å². The molecule has 0 N–H and O–H groups in total. The number of rotatable bonds is 6. The predicted molar refractivity (Wildman–Crippen MR) is 103 cm³/mol. The van der Waals surface area contributed by atoms with Gasteiger partial charge in [0.25, 0.3) is 0 Å². The maximum absolute atomic E-state index is 12.5. The monoisotopic (exact) mass is 335 g/mol. The number of carbonyl (C=O) groups excluding carboxylic acids is 1. The van der Waals surface area contributed by atoms with Crippen LogP contribution in [0, 0.1) is 11.3 Å².